The fourth-order valence-electron chi connectivity index (χ4n) is 0.861. The van der Waals surface area contributed by atoms with Gasteiger partial charge in [-0.3, -0.25) is 4.98 Å². The van der Waals surface area contributed by atoms with Crippen LogP contribution in [0.1, 0.15) is 10.4 Å². The van der Waals surface area contributed by atoms with Crippen molar-refractivity contribution in [2.45, 2.75) is 19.6 Å². The molecule has 0 amide bonds. The van der Waals surface area contributed by atoms with E-state index in [-0.39, 0.29) is 5.97 Å². The SMILES string of the molecule is C[Si](C)(C)OC(=O)c1cncc(Br)c1. The number of hydrogen-bond acceptors (Lipinski definition) is 3. The van der Waals surface area contributed by atoms with Gasteiger partial charge in [-0.15, -0.1) is 0 Å². The molecule has 14 heavy (non-hydrogen) atoms. The second-order valence-electron chi connectivity index (χ2n) is 3.89. The molecule has 0 saturated carbocycles. The molecule has 3 nitrogen and oxygen atoms in total. The van der Waals surface area contributed by atoms with Crippen LogP contribution in [0.4, 0.5) is 0 Å². The van der Waals surface area contributed by atoms with Crippen molar-refractivity contribution in [3.05, 3.63) is 28.5 Å². The van der Waals surface area contributed by atoms with Gasteiger partial charge in [-0.25, -0.2) is 4.79 Å². The number of carbonyl (C=O) groups excluding carboxylic acids is 1. The quantitative estimate of drug-likeness (QED) is 0.778. The van der Waals surface area contributed by atoms with E-state index in [9.17, 15) is 4.79 Å². The molecule has 0 unspecified atom stereocenters. The highest BCUT2D eigenvalue weighted by molar-refractivity contribution is 9.10. The number of carbonyl (C=O) groups is 1. The largest absolute Gasteiger partial charge is 0.516 e. The van der Waals surface area contributed by atoms with E-state index in [1.807, 2.05) is 19.6 Å². The van der Waals surface area contributed by atoms with Gasteiger partial charge in [0.25, 0.3) is 0 Å². The Hall–Kier alpha value is -0.683. The van der Waals surface area contributed by atoms with Gasteiger partial charge >= 0.3 is 5.97 Å². The molecule has 0 spiro atoms. The highest BCUT2D eigenvalue weighted by atomic mass is 79.9. The summed E-state index contributed by atoms with van der Waals surface area (Å²) in [4.78, 5) is 15.5. The van der Waals surface area contributed by atoms with Gasteiger partial charge in [0.2, 0.25) is 8.32 Å². The van der Waals surface area contributed by atoms with E-state index < -0.39 is 8.32 Å². The van der Waals surface area contributed by atoms with Gasteiger partial charge in [-0.1, -0.05) is 0 Å². The maximum absolute atomic E-state index is 11.6. The van der Waals surface area contributed by atoms with Gasteiger partial charge in [0, 0.05) is 16.9 Å². The molecule has 1 aromatic rings. The Balaban J connectivity index is 2.80. The van der Waals surface area contributed by atoms with Crippen molar-refractivity contribution in [3.63, 3.8) is 0 Å². The number of nitrogens with zero attached hydrogens (tertiary/aromatic N) is 1. The zero-order valence-corrected chi connectivity index (χ0v) is 11.0. The summed E-state index contributed by atoms with van der Waals surface area (Å²) in [5.74, 6) is -0.294. The van der Waals surface area contributed by atoms with Crippen molar-refractivity contribution in [3.8, 4) is 0 Å². The van der Waals surface area contributed by atoms with E-state index in [4.69, 9.17) is 4.43 Å². The van der Waals surface area contributed by atoms with E-state index >= 15 is 0 Å². The van der Waals surface area contributed by atoms with Crippen molar-refractivity contribution < 1.29 is 9.22 Å². The van der Waals surface area contributed by atoms with Crippen LogP contribution in [0, 0.1) is 0 Å². The summed E-state index contributed by atoms with van der Waals surface area (Å²) in [5, 5.41) is 0. The lowest BCUT2D eigenvalue weighted by molar-refractivity contribution is 0.0724. The lowest BCUT2D eigenvalue weighted by Crippen LogP contribution is -2.29. The molecular formula is C9H12BrNO2Si. The molecule has 0 atom stereocenters. The van der Waals surface area contributed by atoms with Crippen molar-refractivity contribution >= 4 is 30.2 Å². The standard InChI is InChI=1S/C9H12BrNO2Si/c1-14(2,3)13-9(12)7-4-8(10)6-11-5-7/h4-6H,1-3H3. The Labute approximate surface area is 92.8 Å². The maximum atomic E-state index is 11.6. The van der Waals surface area contributed by atoms with Gasteiger partial charge in [-0.2, -0.15) is 0 Å². The minimum absolute atomic E-state index is 0.294. The van der Waals surface area contributed by atoms with E-state index in [2.05, 4.69) is 20.9 Å². The molecule has 0 fully saturated rings. The van der Waals surface area contributed by atoms with E-state index in [1.165, 1.54) is 6.20 Å². The molecule has 0 aliphatic heterocycles. The van der Waals surface area contributed by atoms with Crippen LogP contribution >= 0.6 is 15.9 Å². The van der Waals surface area contributed by atoms with Gasteiger partial charge < -0.3 is 4.43 Å². The minimum Gasteiger partial charge on any atom is -0.516 e. The topological polar surface area (TPSA) is 39.2 Å². The lowest BCUT2D eigenvalue weighted by atomic mass is 10.3. The lowest BCUT2D eigenvalue weighted by Gasteiger charge is -2.16. The summed E-state index contributed by atoms with van der Waals surface area (Å²) in [6, 6.07) is 1.70. The maximum Gasteiger partial charge on any atom is 0.326 e. The first kappa shape index (κ1) is 11.4. The third kappa shape index (κ3) is 3.59. The Kier molecular flexibility index (Phi) is 3.44. The molecule has 0 aromatic carbocycles. The third-order valence-electron chi connectivity index (χ3n) is 1.34. The van der Waals surface area contributed by atoms with Crippen molar-refractivity contribution in [2.24, 2.45) is 0 Å². The highest BCUT2D eigenvalue weighted by Crippen LogP contribution is 2.13. The number of pyridine rings is 1. The third-order valence-corrected chi connectivity index (χ3v) is 2.57. The van der Waals surface area contributed by atoms with Crippen LogP contribution in [0.25, 0.3) is 0 Å². The molecule has 1 heterocycles. The molecular weight excluding hydrogens is 262 g/mol. The minimum atomic E-state index is -1.81. The predicted octanol–water partition coefficient (Wildman–Crippen LogP) is 2.84. The molecule has 76 valence electrons. The zero-order valence-electron chi connectivity index (χ0n) is 8.37. The summed E-state index contributed by atoms with van der Waals surface area (Å²) < 4.78 is 6.10. The summed E-state index contributed by atoms with van der Waals surface area (Å²) in [5.41, 5.74) is 0.488. The molecule has 1 aromatic heterocycles. The van der Waals surface area contributed by atoms with Crippen LogP contribution in [0.15, 0.2) is 22.9 Å². The molecule has 1 rings (SSSR count). The Bertz CT molecular complexity index is 349. The van der Waals surface area contributed by atoms with Crippen molar-refractivity contribution in [2.75, 3.05) is 0 Å². The van der Waals surface area contributed by atoms with Gasteiger partial charge in [0.1, 0.15) is 0 Å². The smallest absolute Gasteiger partial charge is 0.326 e. The molecule has 0 N–H and O–H groups in total. The average Bonchev–Trinajstić information content (AvgIpc) is 2.01. The highest BCUT2D eigenvalue weighted by Gasteiger charge is 2.21. The van der Waals surface area contributed by atoms with Crippen LogP contribution in [-0.2, 0) is 4.43 Å². The van der Waals surface area contributed by atoms with Gasteiger partial charge in [-0.05, 0) is 41.6 Å². The first-order valence-electron chi connectivity index (χ1n) is 4.22. The summed E-state index contributed by atoms with van der Waals surface area (Å²) in [7, 11) is -1.81. The molecule has 0 radical (unpaired) electrons. The predicted molar refractivity (Wildman–Crippen MR) is 60.7 cm³/mol. The molecule has 0 aliphatic carbocycles. The second kappa shape index (κ2) is 4.23. The summed E-state index contributed by atoms with van der Waals surface area (Å²) in [6.45, 7) is 5.91. The van der Waals surface area contributed by atoms with Crippen molar-refractivity contribution in [1.29, 1.82) is 0 Å². The molecule has 0 aliphatic rings. The second-order valence-corrected chi connectivity index (χ2v) is 9.24. The Morgan fingerprint density at radius 3 is 2.57 bits per heavy atom. The molecule has 0 saturated heterocycles. The summed E-state index contributed by atoms with van der Waals surface area (Å²) >= 11 is 3.25. The first-order chi connectivity index (χ1) is 6.38. The monoisotopic (exact) mass is 273 g/mol. The van der Waals surface area contributed by atoms with E-state index in [1.54, 1.807) is 12.3 Å². The summed E-state index contributed by atoms with van der Waals surface area (Å²) in [6.07, 6.45) is 3.14. The van der Waals surface area contributed by atoms with Crippen LogP contribution in [0.2, 0.25) is 19.6 Å². The molecule has 5 heteroatoms. The fourth-order valence-corrected chi connectivity index (χ4v) is 1.90. The van der Waals surface area contributed by atoms with E-state index in [0.29, 0.717) is 5.56 Å². The van der Waals surface area contributed by atoms with Crippen LogP contribution in [0.3, 0.4) is 0 Å². The number of aromatic nitrogens is 1. The Morgan fingerprint density at radius 1 is 1.43 bits per heavy atom. The normalized spacial score (nSPS) is 11.1. The molecule has 0 bridgehead atoms. The Morgan fingerprint density at radius 2 is 2.07 bits per heavy atom. The first-order valence-corrected chi connectivity index (χ1v) is 8.42. The van der Waals surface area contributed by atoms with Gasteiger partial charge in [0.15, 0.2) is 0 Å². The van der Waals surface area contributed by atoms with Crippen molar-refractivity contribution in [1.82, 2.24) is 4.98 Å². The van der Waals surface area contributed by atoms with E-state index in [0.717, 1.165) is 4.47 Å². The van der Waals surface area contributed by atoms with Crippen LogP contribution < -0.4 is 0 Å². The van der Waals surface area contributed by atoms with Crippen LogP contribution in [-0.4, -0.2) is 19.3 Å². The van der Waals surface area contributed by atoms with Crippen LogP contribution in [0.5, 0.6) is 0 Å². The number of halogens is 1. The average molecular weight is 274 g/mol. The van der Waals surface area contributed by atoms with Gasteiger partial charge in [0.05, 0.1) is 5.56 Å². The fraction of sp³-hybridized carbons (Fsp3) is 0.333. The zero-order chi connectivity index (χ0) is 10.8. The number of hydrogen-bond donors (Lipinski definition) is 0. The number of rotatable bonds is 2.